The van der Waals surface area contributed by atoms with Crippen molar-refractivity contribution in [3.8, 4) is 33.8 Å². The fourth-order valence-corrected chi connectivity index (χ4v) is 17.9. The molecule has 20 rings (SSSR count). The number of fused-ring (bicyclic) bond motifs is 6. The van der Waals surface area contributed by atoms with Gasteiger partial charge in [0.2, 0.25) is 17.7 Å². The smallest absolute Gasteiger partial charge is 0.300 e. The van der Waals surface area contributed by atoms with Gasteiger partial charge in [0.25, 0.3) is 18.0 Å². The maximum Gasteiger partial charge on any atom is 0.300 e. The number of amides is 3. The third kappa shape index (κ3) is 16.2. The van der Waals surface area contributed by atoms with E-state index < -0.39 is 5.54 Å². The summed E-state index contributed by atoms with van der Waals surface area (Å²) in [7, 11) is 1.81. The molecule has 12 N–H and O–H groups in total. The molecule has 632 valence electrons. The molecule has 9 aromatic heterocycles. The van der Waals surface area contributed by atoms with Gasteiger partial charge < -0.3 is 77.1 Å². The average molecular weight is 1660 g/mol. The van der Waals surface area contributed by atoms with Crippen molar-refractivity contribution in [3.05, 3.63) is 162 Å². The topological polar surface area (TPSA) is 420 Å². The number of carbonyl (C=O) groups excluding carboxylic acids is 3. The van der Waals surface area contributed by atoms with Crippen LogP contribution in [0.4, 0.5) is 52.6 Å². The number of nitrogens with two attached hydrogens (primary N) is 3. The van der Waals surface area contributed by atoms with Crippen LogP contribution in [0.2, 0.25) is 0 Å². The Morgan fingerprint density at radius 2 is 0.715 bits per heavy atom. The highest BCUT2D eigenvalue weighted by atomic mass is 16.4. The first-order valence-electron chi connectivity index (χ1n) is 42.3. The molecule has 15 aromatic rings. The van der Waals surface area contributed by atoms with Gasteiger partial charge in [-0.2, -0.15) is 30.2 Å². The molecule has 2 atom stereocenters. The minimum Gasteiger partial charge on any atom is -0.423 e. The van der Waals surface area contributed by atoms with E-state index in [9.17, 15) is 14.4 Å². The van der Waals surface area contributed by atoms with Crippen LogP contribution >= 0.6 is 0 Å². The highest BCUT2D eigenvalue weighted by molar-refractivity contribution is 6.01. The van der Waals surface area contributed by atoms with E-state index in [2.05, 4.69) is 109 Å². The van der Waals surface area contributed by atoms with E-state index in [1.807, 2.05) is 168 Å². The van der Waals surface area contributed by atoms with Gasteiger partial charge in [-0.3, -0.25) is 14.4 Å². The molecule has 14 heterocycles. The number of hydrogen-bond acceptors (Lipinski definition) is 27. The Morgan fingerprint density at radius 1 is 0.415 bits per heavy atom. The number of rotatable bonds is 16. The summed E-state index contributed by atoms with van der Waals surface area (Å²) in [5, 5.41) is 36.8. The van der Waals surface area contributed by atoms with Gasteiger partial charge in [0, 0.05) is 73.0 Å². The molecule has 0 aliphatic carbocycles. The molecule has 123 heavy (non-hydrogen) atoms. The van der Waals surface area contributed by atoms with E-state index in [1.54, 1.807) is 0 Å². The van der Waals surface area contributed by atoms with Gasteiger partial charge >= 0.3 is 0 Å². The first-order chi connectivity index (χ1) is 59.5. The van der Waals surface area contributed by atoms with Crippen molar-refractivity contribution in [2.45, 2.75) is 155 Å². The average Bonchev–Trinajstić information content (AvgIpc) is 1.61. The van der Waals surface area contributed by atoms with Crippen LogP contribution in [0.1, 0.15) is 130 Å². The van der Waals surface area contributed by atoms with Crippen LogP contribution in [-0.4, -0.2) is 184 Å². The number of aromatic nitrogens is 15. The molecule has 0 radical (unpaired) electrons. The van der Waals surface area contributed by atoms with Crippen molar-refractivity contribution in [3.63, 3.8) is 0 Å². The zero-order chi connectivity index (χ0) is 85.1. The second kappa shape index (κ2) is 33.5. The van der Waals surface area contributed by atoms with Crippen molar-refractivity contribution >= 4 is 137 Å². The number of nitrogens with zero attached hydrogens (tertiary/aromatic N) is 18. The minimum atomic E-state index is -0.598. The lowest BCUT2D eigenvalue weighted by Gasteiger charge is -2.37. The number of aryl methyl sites for hydroxylation is 6. The maximum atomic E-state index is 12.9. The van der Waals surface area contributed by atoms with E-state index in [1.165, 1.54) is 19.0 Å². The van der Waals surface area contributed by atoms with Crippen LogP contribution in [0.25, 0.3) is 100 Å². The molecule has 33 nitrogen and oxygen atoms in total. The predicted octanol–water partition coefficient (Wildman–Crippen LogP) is 13.7. The number of hydrogen-bond donors (Lipinski definition) is 9. The summed E-state index contributed by atoms with van der Waals surface area (Å²) in [6.07, 6.45) is 13.2. The summed E-state index contributed by atoms with van der Waals surface area (Å²) in [4.78, 5) is 84.9. The SMILES string of the molecule is CNC(C)(C)C(=O)N1CCC(n2nc(-c3ccc(Nc4nc5cc(C)cc(C)c5o4)cc3)c3c(N)ncnc32)CC1.Cc1cc(C)c2oc(Nc3ccc(-c4nn(C5CCN(C(=O)[C@@H]6CCCN6)CC5)c5ncnc(N)c45)cc3)nc2c1.Cc1cc(C)c2oc(Nc3ccc(-c4nn(C5CCN(C(=O)[C@H]6CCCN6)CC5)c5ncnc(N)c45)cc3)nc2c1. The van der Waals surface area contributed by atoms with Gasteiger partial charge in [0.1, 0.15) is 70.1 Å². The number of nitrogen functional groups attached to an aromatic ring is 3. The van der Waals surface area contributed by atoms with Crippen LogP contribution in [0.3, 0.4) is 0 Å². The largest absolute Gasteiger partial charge is 0.423 e. The first-order valence-corrected chi connectivity index (χ1v) is 42.3. The minimum absolute atomic E-state index is 0.0374. The Hall–Kier alpha value is -13.5. The lowest BCUT2D eigenvalue weighted by Crippen LogP contribution is -2.54. The fourth-order valence-electron chi connectivity index (χ4n) is 17.9. The van der Waals surface area contributed by atoms with Crippen molar-refractivity contribution < 1.29 is 27.6 Å². The number of anilines is 9. The molecular formula is C90H101N27O6. The third-order valence-electron chi connectivity index (χ3n) is 24.5. The molecule has 3 amide bonds. The molecule has 0 saturated carbocycles. The summed E-state index contributed by atoms with van der Waals surface area (Å²) in [6.45, 7) is 22.0. The highest BCUT2D eigenvalue weighted by Crippen LogP contribution is 2.41. The third-order valence-corrected chi connectivity index (χ3v) is 24.5. The van der Waals surface area contributed by atoms with Crippen LogP contribution in [-0.2, 0) is 14.4 Å². The number of benzene rings is 6. The molecule has 0 unspecified atom stereocenters. The Balaban J connectivity index is 0.000000126. The van der Waals surface area contributed by atoms with Gasteiger partial charge in [0.05, 0.1) is 51.9 Å². The zero-order valence-corrected chi connectivity index (χ0v) is 70.5. The second-order valence-corrected chi connectivity index (χ2v) is 33.5. The molecule has 5 fully saturated rings. The van der Waals surface area contributed by atoms with Gasteiger partial charge in [-0.1, -0.05) is 54.6 Å². The van der Waals surface area contributed by atoms with Gasteiger partial charge in [-0.25, -0.2) is 43.9 Å². The Morgan fingerprint density at radius 3 is 1.00 bits per heavy atom. The summed E-state index contributed by atoms with van der Waals surface area (Å²) < 4.78 is 23.8. The number of piperidine rings is 3. The molecule has 5 saturated heterocycles. The normalized spacial score (nSPS) is 16.9. The van der Waals surface area contributed by atoms with Crippen molar-refractivity contribution in [1.29, 1.82) is 0 Å². The van der Waals surface area contributed by atoms with E-state index in [0.717, 1.165) is 211 Å². The Labute approximate surface area is 708 Å². The van der Waals surface area contributed by atoms with Gasteiger partial charge in [-0.15, -0.1) is 0 Å². The number of carbonyl (C=O) groups is 3. The molecule has 5 aliphatic rings. The van der Waals surface area contributed by atoms with Crippen LogP contribution < -0.4 is 49.1 Å². The summed E-state index contributed by atoms with van der Waals surface area (Å²) in [5.41, 5.74) is 39.5. The lowest BCUT2D eigenvalue weighted by atomic mass is 9.99. The molecule has 6 aromatic carbocycles. The molecular weight excluding hydrogens is 1560 g/mol. The molecule has 33 heteroatoms. The Kier molecular flexibility index (Phi) is 21.9. The van der Waals surface area contributed by atoms with Gasteiger partial charge in [0.15, 0.2) is 33.7 Å². The van der Waals surface area contributed by atoms with Crippen LogP contribution in [0.15, 0.2) is 141 Å². The monoisotopic (exact) mass is 1660 g/mol. The number of likely N-dealkylation sites (tertiary alicyclic amines) is 3. The second-order valence-electron chi connectivity index (χ2n) is 33.5. The molecule has 0 spiro atoms. The van der Waals surface area contributed by atoms with Crippen LogP contribution in [0.5, 0.6) is 0 Å². The van der Waals surface area contributed by atoms with E-state index in [-0.39, 0.29) is 47.9 Å². The van der Waals surface area contributed by atoms with Crippen molar-refractivity contribution in [1.82, 2.24) is 105 Å². The number of likely N-dealkylation sites (N-methyl/N-ethyl adjacent to an activating group) is 1. The van der Waals surface area contributed by atoms with E-state index >= 15 is 0 Å². The van der Waals surface area contributed by atoms with E-state index in [0.29, 0.717) is 91.7 Å². The lowest BCUT2D eigenvalue weighted by molar-refractivity contribution is -0.138. The summed E-state index contributed by atoms with van der Waals surface area (Å²) in [6, 6.07) is 37.6. The highest BCUT2D eigenvalue weighted by Gasteiger charge is 2.37. The van der Waals surface area contributed by atoms with Crippen molar-refractivity contribution in [2.75, 3.05) is 92.6 Å². The summed E-state index contributed by atoms with van der Waals surface area (Å²) in [5.74, 6) is 1.73. The van der Waals surface area contributed by atoms with Crippen LogP contribution in [0, 0.1) is 41.5 Å². The predicted molar refractivity (Wildman–Crippen MR) is 476 cm³/mol. The quantitative estimate of drug-likeness (QED) is 0.0434. The standard InChI is InChI=1S/2C30H33N9O2.C30H35N9O2/c2*1-17-14-18(2)26-23(15-17)36-30(41-26)35-20-7-5-19(6-8-20)25-24-27(31)33-16-34-28(24)39(37-25)21-9-12-38(13-10-21)29(40)22-4-3-11-32-22;1-17-14-18(2)25-22(15-17)36-29(41-25)35-20-8-6-19(7-9-20)24-23-26(31)33-16-34-27(23)39(37-24)21-10-12-38(13-11-21)28(40)30(3,4)32-5/h2*5-8,14-16,21-22,32H,3-4,9-13H2,1-2H3,(H,35,36)(H2,31,33,34);6-9,14-16,21,32H,10-13H2,1-5H3,(H,35,36)(H2,31,33,34)/t2*22-;/m10./s1. The summed E-state index contributed by atoms with van der Waals surface area (Å²) >= 11 is 0. The first kappa shape index (κ1) is 80.5. The maximum absolute atomic E-state index is 12.9. The fraction of sp³-hybridized carbons (Fsp3) is 0.367. The molecule has 0 bridgehead atoms. The number of nitrogens with one attached hydrogen (secondary N) is 6. The van der Waals surface area contributed by atoms with Crippen molar-refractivity contribution in [2.24, 2.45) is 0 Å². The number of oxazole rings is 3. The zero-order valence-electron chi connectivity index (χ0n) is 70.5. The van der Waals surface area contributed by atoms with Gasteiger partial charge in [-0.05, 0) is 228 Å². The molecule has 5 aliphatic heterocycles. The van der Waals surface area contributed by atoms with E-state index in [4.69, 9.17) is 45.7 Å². The Bertz CT molecular complexity index is 6210.